The number of fused-ring (bicyclic) bond motifs is 4. The topological polar surface area (TPSA) is 56.5 Å². The van der Waals surface area contributed by atoms with Crippen LogP contribution >= 0.6 is 11.3 Å². The van der Waals surface area contributed by atoms with Gasteiger partial charge >= 0.3 is 0 Å². The number of nitrogens with zero attached hydrogens (tertiary/aromatic N) is 5. The van der Waals surface area contributed by atoms with Gasteiger partial charge in [-0.15, -0.1) is 11.3 Å². The van der Waals surface area contributed by atoms with Crippen LogP contribution in [0.3, 0.4) is 0 Å². The Kier molecular flexibility index (Phi) is 7.25. The average Bonchev–Trinajstić information content (AvgIpc) is 3.82. The highest BCUT2D eigenvalue weighted by Crippen LogP contribution is 2.49. The summed E-state index contributed by atoms with van der Waals surface area (Å²) in [6.45, 7) is 0. The summed E-state index contributed by atoms with van der Waals surface area (Å²) in [4.78, 5) is 20.2. The summed E-state index contributed by atoms with van der Waals surface area (Å²) in [6.07, 6.45) is 7.44. The van der Waals surface area contributed by atoms with E-state index in [1.54, 1.807) is 0 Å². The maximum atomic E-state index is 5.33. The van der Waals surface area contributed by atoms with Gasteiger partial charge < -0.3 is 0 Å². The van der Waals surface area contributed by atoms with Crippen LogP contribution in [0.25, 0.3) is 93.0 Å². The van der Waals surface area contributed by atoms with Crippen LogP contribution in [0.5, 0.6) is 0 Å². The Balaban J connectivity index is 1.08. The summed E-state index contributed by atoms with van der Waals surface area (Å²) in [5.74, 6) is 0.924. The van der Waals surface area contributed by atoms with Crippen molar-refractivity contribution in [3.8, 4) is 61.0 Å². The molecule has 6 heteroatoms. The highest BCUT2D eigenvalue weighted by atomic mass is 32.1. The van der Waals surface area contributed by atoms with Crippen LogP contribution in [0.1, 0.15) is 0 Å². The van der Waals surface area contributed by atoms with E-state index >= 15 is 0 Å². The SMILES string of the molecule is c1ccc(-n2c(-c3ccc(-c4ccc(-c5nc6ccccc6c6sc(-c7ccncc7)c(-c7ccncc7)c56)cc4)cc3)nc3ccccc32)cc1. The Morgan fingerprint density at radius 3 is 1.73 bits per heavy atom. The normalized spacial score (nSPS) is 11.5. The molecule has 244 valence electrons. The molecule has 5 aromatic heterocycles. The summed E-state index contributed by atoms with van der Waals surface area (Å²) < 4.78 is 3.46. The monoisotopic (exact) mass is 683 g/mol. The molecule has 0 saturated heterocycles. The number of pyridine rings is 3. The quantitative estimate of drug-likeness (QED) is 0.175. The molecular weight excluding hydrogens is 655 g/mol. The molecule has 5 aromatic carbocycles. The predicted molar refractivity (Wildman–Crippen MR) is 215 cm³/mol. The second-order valence-electron chi connectivity index (χ2n) is 12.7. The Morgan fingerprint density at radius 1 is 0.442 bits per heavy atom. The number of para-hydroxylation sites is 4. The van der Waals surface area contributed by atoms with E-state index in [1.807, 2.05) is 48.3 Å². The first-order valence-corrected chi connectivity index (χ1v) is 18.0. The molecule has 0 bridgehead atoms. The third-order valence-electron chi connectivity index (χ3n) is 9.65. The maximum absolute atomic E-state index is 5.33. The molecule has 0 amide bonds. The van der Waals surface area contributed by atoms with Crippen LogP contribution in [0.15, 0.2) is 176 Å². The zero-order chi connectivity index (χ0) is 34.4. The van der Waals surface area contributed by atoms with Crippen molar-refractivity contribution in [3.05, 3.63) is 176 Å². The summed E-state index contributed by atoms with van der Waals surface area (Å²) >= 11 is 1.82. The molecule has 0 aliphatic heterocycles. The first-order valence-electron chi connectivity index (χ1n) is 17.2. The molecule has 0 fully saturated rings. The molecular formula is C46H29N5S. The lowest BCUT2D eigenvalue weighted by Crippen LogP contribution is -1.97. The van der Waals surface area contributed by atoms with Crippen molar-refractivity contribution in [2.45, 2.75) is 0 Å². The Labute approximate surface area is 304 Å². The Morgan fingerprint density at radius 2 is 1.02 bits per heavy atom. The lowest BCUT2D eigenvalue weighted by Gasteiger charge is -2.12. The minimum absolute atomic E-state index is 0.924. The number of rotatable bonds is 6. The van der Waals surface area contributed by atoms with Crippen LogP contribution in [0.4, 0.5) is 0 Å². The molecule has 0 atom stereocenters. The second-order valence-corrected chi connectivity index (χ2v) is 13.7. The molecule has 0 radical (unpaired) electrons. The number of aromatic nitrogens is 5. The fourth-order valence-electron chi connectivity index (χ4n) is 7.19. The van der Waals surface area contributed by atoms with Gasteiger partial charge in [0.1, 0.15) is 5.82 Å². The standard InChI is InChI=1S/C46H29N5S/c1-2-8-36(9-3-1)51-40-13-7-6-12-39(40)50-46(51)35-20-16-31(17-21-35)30-14-18-33(19-15-30)43-42-41(32-22-26-47-27-23-32)44(34-24-28-48-29-25-34)52-45(42)37-10-4-5-11-38(37)49-43/h1-29H. The van der Waals surface area contributed by atoms with E-state index < -0.39 is 0 Å². The predicted octanol–water partition coefficient (Wildman–Crippen LogP) is 11.9. The smallest absolute Gasteiger partial charge is 0.145 e. The number of benzene rings is 5. The van der Waals surface area contributed by atoms with Crippen molar-refractivity contribution in [1.82, 2.24) is 24.5 Å². The van der Waals surface area contributed by atoms with Crippen molar-refractivity contribution in [3.63, 3.8) is 0 Å². The first-order chi connectivity index (χ1) is 25.8. The Hall–Kier alpha value is -6.76. The number of thiophene rings is 1. The van der Waals surface area contributed by atoms with Gasteiger partial charge in [-0.25, -0.2) is 9.97 Å². The van der Waals surface area contributed by atoms with Gasteiger partial charge in [0, 0.05) is 67.5 Å². The molecule has 0 aliphatic rings. The molecule has 52 heavy (non-hydrogen) atoms. The number of hydrogen-bond donors (Lipinski definition) is 0. The highest BCUT2D eigenvalue weighted by molar-refractivity contribution is 7.24. The van der Waals surface area contributed by atoms with Crippen molar-refractivity contribution in [2.24, 2.45) is 0 Å². The van der Waals surface area contributed by atoms with Gasteiger partial charge in [-0.1, -0.05) is 97.1 Å². The molecule has 10 aromatic rings. The van der Waals surface area contributed by atoms with Gasteiger partial charge in [0.2, 0.25) is 0 Å². The van der Waals surface area contributed by atoms with Gasteiger partial charge in [-0.05, 0) is 76.9 Å². The van der Waals surface area contributed by atoms with E-state index in [9.17, 15) is 0 Å². The molecule has 0 aliphatic carbocycles. The zero-order valence-corrected chi connectivity index (χ0v) is 28.7. The van der Waals surface area contributed by atoms with E-state index in [0.29, 0.717) is 0 Å². The summed E-state index contributed by atoms with van der Waals surface area (Å²) in [7, 11) is 0. The lowest BCUT2D eigenvalue weighted by atomic mass is 9.95. The number of hydrogen-bond acceptors (Lipinski definition) is 5. The average molecular weight is 684 g/mol. The lowest BCUT2D eigenvalue weighted by molar-refractivity contribution is 1.10. The van der Waals surface area contributed by atoms with E-state index in [2.05, 4.69) is 154 Å². The molecule has 0 saturated carbocycles. The van der Waals surface area contributed by atoms with Crippen molar-refractivity contribution >= 4 is 43.4 Å². The third kappa shape index (κ3) is 5.08. The van der Waals surface area contributed by atoms with E-state index in [1.165, 1.54) is 15.1 Å². The summed E-state index contributed by atoms with van der Waals surface area (Å²) in [6, 6.07) is 53.1. The second kappa shape index (κ2) is 12.5. The van der Waals surface area contributed by atoms with Crippen LogP contribution in [-0.2, 0) is 0 Å². The van der Waals surface area contributed by atoms with Crippen LogP contribution < -0.4 is 0 Å². The first kappa shape index (κ1) is 30.1. The van der Waals surface area contributed by atoms with Gasteiger partial charge in [0.25, 0.3) is 0 Å². The van der Waals surface area contributed by atoms with E-state index in [4.69, 9.17) is 9.97 Å². The number of imidazole rings is 1. The Bertz CT molecular complexity index is 2860. The van der Waals surface area contributed by atoms with E-state index in [-0.39, 0.29) is 0 Å². The van der Waals surface area contributed by atoms with Gasteiger partial charge in [-0.3, -0.25) is 14.5 Å². The van der Waals surface area contributed by atoms with Gasteiger partial charge in [0.05, 0.1) is 22.2 Å². The fourth-order valence-corrected chi connectivity index (χ4v) is 8.55. The highest BCUT2D eigenvalue weighted by Gasteiger charge is 2.22. The van der Waals surface area contributed by atoms with Gasteiger partial charge in [0.15, 0.2) is 0 Å². The minimum atomic E-state index is 0.924. The van der Waals surface area contributed by atoms with Crippen molar-refractivity contribution in [1.29, 1.82) is 0 Å². The largest absolute Gasteiger partial charge is 0.292 e. The van der Waals surface area contributed by atoms with Crippen molar-refractivity contribution < 1.29 is 0 Å². The summed E-state index contributed by atoms with van der Waals surface area (Å²) in [5, 5.41) is 2.31. The van der Waals surface area contributed by atoms with Crippen molar-refractivity contribution in [2.75, 3.05) is 0 Å². The zero-order valence-electron chi connectivity index (χ0n) is 27.9. The maximum Gasteiger partial charge on any atom is 0.145 e. The molecule has 0 N–H and O–H groups in total. The summed E-state index contributed by atoms with van der Waals surface area (Å²) in [5.41, 5.74) is 12.9. The molecule has 5 nitrogen and oxygen atoms in total. The molecule has 10 rings (SSSR count). The molecule has 0 spiro atoms. The molecule has 0 unspecified atom stereocenters. The van der Waals surface area contributed by atoms with Crippen LogP contribution in [-0.4, -0.2) is 24.5 Å². The fraction of sp³-hybridized carbons (Fsp3) is 0. The van der Waals surface area contributed by atoms with Gasteiger partial charge in [-0.2, -0.15) is 0 Å². The third-order valence-corrected chi connectivity index (χ3v) is 10.9. The van der Waals surface area contributed by atoms with Crippen LogP contribution in [0, 0.1) is 0 Å². The minimum Gasteiger partial charge on any atom is -0.292 e. The molecule has 5 heterocycles. The van der Waals surface area contributed by atoms with E-state index in [0.717, 1.165) is 77.9 Å². The van der Waals surface area contributed by atoms with Crippen LogP contribution in [0.2, 0.25) is 0 Å².